The molecule has 0 spiro atoms. The third kappa shape index (κ3) is 4.01. The van der Waals surface area contributed by atoms with Gasteiger partial charge in [0.05, 0.1) is 6.17 Å². The van der Waals surface area contributed by atoms with Gasteiger partial charge in [-0.25, -0.2) is 0 Å². The molecular formula is C10H19N3. The summed E-state index contributed by atoms with van der Waals surface area (Å²) in [5.74, 6) is 0. The SMILES string of the molecule is CC.CNC(N)c1cncc(C)c1. The van der Waals surface area contributed by atoms with Gasteiger partial charge in [0.1, 0.15) is 0 Å². The summed E-state index contributed by atoms with van der Waals surface area (Å²) in [4.78, 5) is 4.03. The average molecular weight is 181 g/mol. The van der Waals surface area contributed by atoms with Crippen molar-refractivity contribution in [3.8, 4) is 0 Å². The Labute approximate surface area is 80.4 Å². The lowest BCUT2D eigenvalue weighted by Crippen LogP contribution is -2.24. The molecule has 1 atom stereocenters. The molecule has 0 bridgehead atoms. The van der Waals surface area contributed by atoms with Gasteiger partial charge in [0.2, 0.25) is 0 Å². The van der Waals surface area contributed by atoms with E-state index >= 15 is 0 Å². The summed E-state index contributed by atoms with van der Waals surface area (Å²) in [6.45, 7) is 6.00. The number of hydrogen-bond donors (Lipinski definition) is 2. The van der Waals surface area contributed by atoms with Crippen LogP contribution in [0.5, 0.6) is 0 Å². The van der Waals surface area contributed by atoms with Gasteiger partial charge in [-0.1, -0.05) is 19.9 Å². The number of nitrogens with zero attached hydrogens (tertiary/aromatic N) is 1. The lowest BCUT2D eigenvalue weighted by atomic mass is 10.2. The van der Waals surface area contributed by atoms with Crippen molar-refractivity contribution in [3.05, 3.63) is 29.6 Å². The van der Waals surface area contributed by atoms with E-state index in [4.69, 9.17) is 5.73 Å². The predicted octanol–water partition coefficient (Wildman–Crippen LogP) is 1.59. The normalized spacial score (nSPS) is 11.5. The maximum Gasteiger partial charge on any atom is 0.0822 e. The monoisotopic (exact) mass is 181 g/mol. The smallest absolute Gasteiger partial charge is 0.0822 e. The third-order valence-electron chi connectivity index (χ3n) is 1.57. The molecule has 0 fully saturated rings. The molecule has 0 aliphatic rings. The van der Waals surface area contributed by atoms with E-state index in [0.29, 0.717) is 0 Å². The first-order chi connectivity index (χ1) is 6.24. The van der Waals surface area contributed by atoms with E-state index in [1.807, 2.05) is 40.1 Å². The minimum atomic E-state index is -0.109. The highest BCUT2D eigenvalue weighted by atomic mass is 15.0. The van der Waals surface area contributed by atoms with Crippen LogP contribution in [0.1, 0.15) is 31.1 Å². The Kier molecular flexibility index (Phi) is 6.10. The minimum absolute atomic E-state index is 0.109. The Morgan fingerprint density at radius 3 is 2.46 bits per heavy atom. The lowest BCUT2D eigenvalue weighted by molar-refractivity contribution is 0.619. The molecule has 1 rings (SSSR count). The van der Waals surface area contributed by atoms with E-state index in [2.05, 4.69) is 10.3 Å². The van der Waals surface area contributed by atoms with Crippen LogP contribution in [0.25, 0.3) is 0 Å². The topological polar surface area (TPSA) is 50.9 Å². The molecule has 0 aliphatic heterocycles. The molecule has 0 aliphatic carbocycles. The average Bonchev–Trinajstić information content (AvgIpc) is 2.20. The van der Waals surface area contributed by atoms with Gasteiger partial charge in [-0.2, -0.15) is 0 Å². The fourth-order valence-electron chi connectivity index (χ4n) is 0.915. The van der Waals surface area contributed by atoms with E-state index < -0.39 is 0 Å². The highest BCUT2D eigenvalue weighted by molar-refractivity contribution is 5.18. The highest BCUT2D eigenvalue weighted by Crippen LogP contribution is 2.06. The standard InChI is InChI=1S/C8H13N3.C2H6/c1-6-3-7(5-11-4-6)8(9)10-2;1-2/h3-5,8,10H,9H2,1-2H3;1-2H3. The third-order valence-corrected chi connectivity index (χ3v) is 1.57. The zero-order valence-corrected chi connectivity index (χ0v) is 8.83. The Morgan fingerprint density at radius 2 is 2.00 bits per heavy atom. The summed E-state index contributed by atoms with van der Waals surface area (Å²) in [6, 6.07) is 2.02. The number of rotatable bonds is 2. The highest BCUT2D eigenvalue weighted by Gasteiger charge is 2.01. The largest absolute Gasteiger partial charge is 0.312 e. The number of nitrogens with two attached hydrogens (primary N) is 1. The zero-order valence-electron chi connectivity index (χ0n) is 8.83. The van der Waals surface area contributed by atoms with Crippen LogP contribution < -0.4 is 11.1 Å². The molecule has 0 saturated carbocycles. The van der Waals surface area contributed by atoms with Gasteiger partial charge in [0.15, 0.2) is 0 Å². The van der Waals surface area contributed by atoms with Gasteiger partial charge in [0, 0.05) is 18.0 Å². The Morgan fingerprint density at radius 1 is 1.38 bits per heavy atom. The molecule has 0 radical (unpaired) electrons. The fourth-order valence-corrected chi connectivity index (χ4v) is 0.915. The molecule has 74 valence electrons. The Balaban J connectivity index is 0.000000671. The van der Waals surface area contributed by atoms with Gasteiger partial charge in [-0.15, -0.1) is 0 Å². The van der Waals surface area contributed by atoms with Crippen LogP contribution in [0.15, 0.2) is 18.5 Å². The number of aromatic nitrogens is 1. The molecule has 1 aromatic heterocycles. The molecule has 13 heavy (non-hydrogen) atoms. The summed E-state index contributed by atoms with van der Waals surface area (Å²) < 4.78 is 0. The first-order valence-corrected chi connectivity index (χ1v) is 4.58. The van der Waals surface area contributed by atoms with Crippen molar-refractivity contribution in [3.63, 3.8) is 0 Å². The van der Waals surface area contributed by atoms with Gasteiger partial charge in [-0.05, 0) is 19.5 Å². The lowest BCUT2D eigenvalue weighted by Gasteiger charge is -2.09. The minimum Gasteiger partial charge on any atom is -0.312 e. The van der Waals surface area contributed by atoms with Crippen molar-refractivity contribution in [1.29, 1.82) is 0 Å². The molecule has 3 nitrogen and oxygen atoms in total. The van der Waals surface area contributed by atoms with Crippen molar-refractivity contribution in [2.75, 3.05) is 7.05 Å². The van der Waals surface area contributed by atoms with Gasteiger partial charge >= 0.3 is 0 Å². The molecule has 1 aromatic rings. The van der Waals surface area contributed by atoms with E-state index in [0.717, 1.165) is 11.1 Å². The maximum atomic E-state index is 5.71. The van der Waals surface area contributed by atoms with Crippen LogP contribution >= 0.6 is 0 Å². The van der Waals surface area contributed by atoms with E-state index in [1.54, 1.807) is 6.20 Å². The van der Waals surface area contributed by atoms with Gasteiger partial charge in [-0.3, -0.25) is 4.98 Å². The number of aryl methyl sites for hydroxylation is 1. The summed E-state index contributed by atoms with van der Waals surface area (Å²) in [6.07, 6.45) is 3.47. The van der Waals surface area contributed by atoms with Crippen molar-refractivity contribution >= 4 is 0 Å². The van der Waals surface area contributed by atoms with E-state index in [9.17, 15) is 0 Å². The second kappa shape index (κ2) is 6.57. The fraction of sp³-hybridized carbons (Fsp3) is 0.500. The first-order valence-electron chi connectivity index (χ1n) is 4.58. The Hall–Kier alpha value is -0.930. The molecule has 3 N–H and O–H groups in total. The number of pyridine rings is 1. The molecular weight excluding hydrogens is 162 g/mol. The second-order valence-electron chi connectivity index (χ2n) is 2.56. The molecule has 3 heteroatoms. The van der Waals surface area contributed by atoms with Crippen molar-refractivity contribution in [2.24, 2.45) is 5.73 Å². The number of hydrogen-bond acceptors (Lipinski definition) is 3. The number of nitrogens with one attached hydrogen (secondary N) is 1. The van der Waals surface area contributed by atoms with Crippen LogP contribution in [0.2, 0.25) is 0 Å². The quantitative estimate of drug-likeness (QED) is 0.681. The van der Waals surface area contributed by atoms with Crippen LogP contribution in [0.3, 0.4) is 0 Å². The summed E-state index contributed by atoms with van der Waals surface area (Å²) in [5, 5.41) is 2.95. The van der Waals surface area contributed by atoms with Crippen LogP contribution in [0.4, 0.5) is 0 Å². The molecule has 0 aromatic carbocycles. The molecule has 0 amide bonds. The molecule has 1 unspecified atom stereocenters. The van der Waals surface area contributed by atoms with E-state index in [1.165, 1.54) is 0 Å². The summed E-state index contributed by atoms with van der Waals surface area (Å²) in [5.41, 5.74) is 7.87. The molecule has 1 heterocycles. The molecule has 0 saturated heterocycles. The summed E-state index contributed by atoms with van der Waals surface area (Å²) >= 11 is 0. The van der Waals surface area contributed by atoms with Crippen molar-refractivity contribution < 1.29 is 0 Å². The van der Waals surface area contributed by atoms with Crippen LogP contribution in [-0.2, 0) is 0 Å². The van der Waals surface area contributed by atoms with Gasteiger partial charge < -0.3 is 11.1 Å². The predicted molar refractivity (Wildman–Crippen MR) is 56.3 cm³/mol. The van der Waals surface area contributed by atoms with E-state index in [-0.39, 0.29) is 6.17 Å². The van der Waals surface area contributed by atoms with Crippen molar-refractivity contribution in [1.82, 2.24) is 10.3 Å². The Bertz CT molecular complexity index is 235. The van der Waals surface area contributed by atoms with Crippen molar-refractivity contribution in [2.45, 2.75) is 26.9 Å². The van der Waals surface area contributed by atoms with Crippen LogP contribution in [0, 0.1) is 6.92 Å². The zero-order chi connectivity index (χ0) is 10.3. The van der Waals surface area contributed by atoms with Crippen LogP contribution in [-0.4, -0.2) is 12.0 Å². The first kappa shape index (κ1) is 12.1. The van der Waals surface area contributed by atoms with Gasteiger partial charge in [0.25, 0.3) is 0 Å². The second-order valence-corrected chi connectivity index (χ2v) is 2.56. The maximum absolute atomic E-state index is 5.71. The summed E-state index contributed by atoms with van der Waals surface area (Å²) in [7, 11) is 1.83.